The molecule has 2 aromatic carbocycles. The quantitative estimate of drug-likeness (QED) is 0.691. The van der Waals surface area contributed by atoms with Gasteiger partial charge in [0.25, 0.3) is 0 Å². The maximum absolute atomic E-state index is 13.4. The number of anilines is 1. The van der Waals surface area contributed by atoms with E-state index in [1.54, 1.807) is 0 Å². The standard InChI is InChI=1S/C19H17ClFN3O2S/c20-16-6-3-13(21)9-17(16)26-15-7-8-24(10-15)14-4-1-12(2-5-14)19-23-22-18(11-25)27-19/h1-6,9,15,25H,7-8,10-11H2/t15-/m1/s1. The van der Waals surface area contributed by atoms with Crippen LogP contribution in [0, 0.1) is 5.82 Å². The number of aromatic nitrogens is 2. The first-order chi connectivity index (χ1) is 13.1. The van der Waals surface area contributed by atoms with Crippen LogP contribution in [0.2, 0.25) is 5.02 Å². The van der Waals surface area contributed by atoms with Crippen LogP contribution in [0.25, 0.3) is 10.6 Å². The first kappa shape index (κ1) is 18.2. The average Bonchev–Trinajstić information content (AvgIpc) is 3.34. The van der Waals surface area contributed by atoms with Gasteiger partial charge < -0.3 is 14.7 Å². The number of aliphatic hydroxyl groups excluding tert-OH is 1. The van der Waals surface area contributed by atoms with Gasteiger partial charge in [-0.25, -0.2) is 4.39 Å². The van der Waals surface area contributed by atoms with Gasteiger partial charge in [0.15, 0.2) is 0 Å². The fraction of sp³-hybridized carbons (Fsp3) is 0.263. The Balaban J connectivity index is 1.42. The summed E-state index contributed by atoms with van der Waals surface area (Å²) in [6.07, 6.45) is 0.796. The van der Waals surface area contributed by atoms with E-state index >= 15 is 0 Å². The zero-order valence-electron chi connectivity index (χ0n) is 14.3. The monoisotopic (exact) mass is 405 g/mol. The summed E-state index contributed by atoms with van der Waals surface area (Å²) in [7, 11) is 0. The van der Waals surface area contributed by atoms with E-state index < -0.39 is 0 Å². The highest BCUT2D eigenvalue weighted by molar-refractivity contribution is 7.14. The molecule has 0 saturated carbocycles. The van der Waals surface area contributed by atoms with E-state index in [9.17, 15) is 4.39 Å². The van der Waals surface area contributed by atoms with E-state index in [4.69, 9.17) is 21.4 Å². The van der Waals surface area contributed by atoms with Crippen LogP contribution in [0.15, 0.2) is 42.5 Å². The smallest absolute Gasteiger partial charge is 0.147 e. The second-order valence-electron chi connectivity index (χ2n) is 6.26. The van der Waals surface area contributed by atoms with Gasteiger partial charge in [-0.05, 0) is 36.4 Å². The molecule has 2 heterocycles. The third-order valence-corrected chi connectivity index (χ3v) is 5.68. The molecule has 0 radical (unpaired) electrons. The molecule has 27 heavy (non-hydrogen) atoms. The predicted octanol–water partition coefficient (Wildman–Crippen LogP) is 4.15. The highest BCUT2D eigenvalue weighted by atomic mass is 35.5. The van der Waals surface area contributed by atoms with Gasteiger partial charge in [-0.3, -0.25) is 0 Å². The maximum Gasteiger partial charge on any atom is 0.147 e. The molecule has 1 aliphatic heterocycles. The fourth-order valence-electron chi connectivity index (χ4n) is 3.05. The lowest BCUT2D eigenvalue weighted by atomic mass is 10.2. The molecule has 0 bridgehead atoms. The first-order valence-corrected chi connectivity index (χ1v) is 9.72. The van der Waals surface area contributed by atoms with Gasteiger partial charge in [-0.1, -0.05) is 22.9 Å². The molecule has 3 aromatic rings. The van der Waals surface area contributed by atoms with Gasteiger partial charge in [0.05, 0.1) is 18.2 Å². The van der Waals surface area contributed by atoms with Crippen LogP contribution in [-0.4, -0.2) is 34.5 Å². The molecular formula is C19H17ClFN3O2S. The van der Waals surface area contributed by atoms with Crippen molar-refractivity contribution in [3.8, 4) is 16.3 Å². The third kappa shape index (κ3) is 4.05. The van der Waals surface area contributed by atoms with Crippen molar-refractivity contribution in [2.75, 3.05) is 18.0 Å². The summed E-state index contributed by atoms with van der Waals surface area (Å²) in [5, 5.41) is 18.9. The molecule has 4 rings (SSSR count). The third-order valence-electron chi connectivity index (χ3n) is 4.41. The van der Waals surface area contributed by atoms with Crippen LogP contribution < -0.4 is 9.64 Å². The molecule has 1 atom stereocenters. The zero-order chi connectivity index (χ0) is 18.8. The Kier molecular flexibility index (Phi) is 5.24. The highest BCUT2D eigenvalue weighted by Gasteiger charge is 2.25. The summed E-state index contributed by atoms with van der Waals surface area (Å²) < 4.78 is 19.3. The van der Waals surface area contributed by atoms with Gasteiger partial charge in [-0.15, -0.1) is 10.2 Å². The SMILES string of the molecule is OCc1nnc(-c2ccc(N3CC[C@@H](Oc4cc(F)ccc4Cl)C3)cc2)s1. The Morgan fingerprint density at radius 3 is 2.78 bits per heavy atom. The van der Waals surface area contributed by atoms with Crippen LogP contribution >= 0.6 is 22.9 Å². The molecule has 1 aromatic heterocycles. The lowest BCUT2D eigenvalue weighted by Gasteiger charge is -2.19. The van der Waals surface area contributed by atoms with Crippen molar-refractivity contribution < 1.29 is 14.2 Å². The molecule has 5 nitrogen and oxygen atoms in total. The van der Waals surface area contributed by atoms with Gasteiger partial charge in [0.2, 0.25) is 0 Å². The second kappa shape index (κ2) is 7.80. The van der Waals surface area contributed by atoms with Gasteiger partial charge >= 0.3 is 0 Å². The van der Waals surface area contributed by atoms with Gasteiger partial charge in [-0.2, -0.15) is 0 Å². The van der Waals surface area contributed by atoms with E-state index in [1.165, 1.54) is 29.5 Å². The number of hydrogen-bond donors (Lipinski definition) is 1. The highest BCUT2D eigenvalue weighted by Crippen LogP contribution is 2.30. The average molecular weight is 406 g/mol. The first-order valence-electron chi connectivity index (χ1n) is 8.52. The molecule has 0 aliphatic carbocycles. The Morgan fingerprint density at radius 2 is 2.04 bits per heavy atom. The van der Waals surface area contributed by atoms with Gasteiger partial charge in [0.1, 0.15) is 27.7 Å². The summed E-state index contributed by atoms with van der Waals surface area (Å²) in [6, 6.07) is 12.2. The van der Waals surface area contributed by atoms with Crippen molar-refractivity contribution >= 4 is 28.6 Å². The van der Waals surface area contributed by atoms with E-state index in [-0.39, 0.29) is 18.5 Å². The Morgan fingerprint density at radius 1 is 1.22 bits per heavy atom. The van der Waals surface area contributed by atoms with Crippen LogP contribution in [0.4, 0.5) is 10.1 Å². The van der Waals surface area contributed by atoms with Gasteiger partial charge in [0, 0.05) is 30.3 Å². The molecule has 0 amide bonds. The molecule has 1 aliphatic rings. The Labute approximate surface area is 165 Å². The van der Waals surface area contributed by atoms with E-state index in [0.29, 0.717) is 22.3 Å². The Bertz CT molecular complexity index is 935. The molecule has 8 heteroatoms. The predicted molar refractivity (Wildman–Crippen MR) is 104 cm³/mol. The topological polar surface area (TPSA) is 58.5 Å². The summed E-state index contributed by atoms with van der Waals surface area (Å²) >= 11 is 7.46. The minimum Gasteiger partial charge on any atom is -0.487 e. The van der Waals surface area contributed by atoms with E-state index in [2.05, 4.69) is 15.1 Å². The fourth-order valence-corrected chi connectivity index (χ4v) is 3.92. The summed E-state index contributed by atoms with van der Waals surface area (Å²) in [4.78, 5) is 2.22. The number of benzene rings is 2. The molecule has 140 valence electrons. The van der Waals surface area contributed by atoms with Crippen molar-refractivity contribution in [3.05, 3.63) is 58.3 Å². The summed E-state index contributed by atoms with van der Waals surface area (Å²) in [6.45, 7) is 1.46. The zero-order valence-corrected chi connectivity index (χ0v) is 15.9. The lowest BCUT2D eigenvalue weighted by Crippen LogP contribution is -2.24. The summed E-state index contributed by atoms with van der Waals surface area (Å²) in [5.74, 6) is 0.0238. The molecule has 1 fully saturated rings. The molecule has 1 N–H and O–H groups in total. The van der Waals surface area contributed by atoms with Crippen LogP contribution in [0.1, 0.15) is 11.4 Å². The lowest BCUT2D eigenvalue weighted by molar-refractivity contribution is 0.224. The van der Waals surface area contributed by atoms with Crippen LogP contribution in [0.5, 0.6) is 5.75 Å². The van der Waals surface area contributed by atoms with E-state index in [0.717, 1.165) is 29.2 Å². The Hall–Kier alpha value is -2.22. The van der Waals surface area contributed by atoms with Crippen molar-refractivity contribution in [2.24, 2.45) is 0 Å². The number of ether oxygens (including phenoxy) is 1. The van der Waals surface area contributed by atoms with Crippen molar-refractivity contribution in [3.63, 3.8) is 0 Å². The van der Waals surface area contributed by atoms with Crippen molar-refractivity contribution in [1.29, 1.82) is 0 Å². The number of halogens is 2. The van der Waals surface area contributed by atoms with Crippen LogP contribution in [-0.2, 0) is 6.61 Å². The number of rotatable bonds is 5. The molecule has 1 saturated heterocycles. The number of aliphatic hydroxyl groups is 1. The molecule has 0 unspecified atom stereocenters. The second-order valence-corrected chi connectivity index (χ2v) is 7.72. The van der Waals surface area contributed by atoms with E-state index in [1.807, 2.05) is 24.3 Å². The van der Waals surface area contributed by atoms with Crippen molar-refractivity contribution in [1.82, 2.24) is 10.2 Å². The molecular weight excluding hydrogens is 389 g/mol. The summed E-state index contributed by atoms with van der Waals surface area (Å²) in [5.41, 5.74) is 2.05. The normalized spacial score (nSPS) is 16.7. The minimum absolute atomic E-state index is 0.0424. The minimum atomic E-state index is -0.360. The molecule has 0 spiro atoms. The van der Waals surface area contributed by atoms with Crippen LogP contribution in [0.3, 0.4) is 0 Å². The van der Waals surface area contributed by atoms with Crippen molar-refractivity contribution in [2.45, 2.75) is 19.1 Å². The number of nitrogens with zero attached hydrogens (tertiary/aromatic N) is 3. The number of hydrogen-bond acceptors (Lipinski definition) is 6. The largest absolute Gasteiger partial charge is 0.487 e. The maximum atomic E-state index is 13.4.